The molecule has 1 atom stereocenters. The summed E-state index contributed by atoms with van der Waals surface area (Å²) in [5.41, 5.74) is 2.70. The number of aromatic nitrogens is 1. The van der Waals surface area contributed by atoms with Crippen molar-refractivity contribution in [2.45, 2.75) is 18.9 Å². The van der Waals surface area contributed by atoms with E-state index in [-0.39, 0.29) is 0 Å². The summed E-state index contributed by atoms with van der Waals surface area (Å²) in [4.78, 5) is 4.08. The summed E-state index contributed by atoms with van der Waals surface area (Å²) in [7, 11) is 2.03. The van der Waals surface area contributed by atoms with Crippen LogP contribution >= 0.6 is 0 Å². The number of hydrogen-bond donors (Lipinski definition) is 1. The highest BCUT2D eigenvalue weighted by Gasteiger charge is 2.08. The summed E-state index contributed by atoms with van der Waals surface area (Å²) in [6.45, 7) is 0. The Morgan fingerprint density at radius 1 is 0.857 bits per heavy atom. The van der Waals surface area contributed by atoms with Crippen LogP contribution < -0.4 is 5.32 Å². The predicted octanol–water partition coefficient (Wildman–Crippen LogP) is 3.61. The average molecular weight is 276 g/mol. The third-order valence-corrected chi connectivity index (χ3v) is 3.94. The van der Waals surface area contributed by atoms with Gasteiger partial charge in [0, 0.05) is 18.4 Å². The molecule has 2 heteroatoms. The molecule has 0 aliphatic rings. The third kappa shape index (κ3) is 3.47. The van der Waals surface area contributed by atoms with Crippen LogP contribution in [0.3, 0.4) is 0 Å². The lowest BCUT2D eigenvalue weighted by Gasteiger charge is -2.16. The van der Waals surface area contributed by atoms with Gasteiger partial charge in [-0.15, -0.1) is 0 Å². The molecule has 1 N–H and O–H groups in total. The summed E-state index contributed by atoms with van der Waals surface area (Å²) >= 11 is 0. The Morgan fingerprint density at radius 2 is 1.57 bits per heavy atom. The van der Waals surface area contributed by atoms with Gasteiger partial charge in [0.25, 0.3) is 0 Å². The minimum Gasteiger partial charge on any atom is -0.316 e. The first-order valence-corrected chi connectivity index (χ1v) is 7.39. The van der Waals surface area contributed by atoms with E-state index in [1.165, 1.54) is 21.9 Å². The molecule has 3 aromatic rings. The van der Waals surface area contributed by atoms with Crippen molar-refractivity contribution in [2.24, 2.45) is 0 Å². The molecule has 1 heterocycles. The van der Waals surface area contributed by atoms with E-state index in [0.717, 1.165) is 12.8 Å². The lowest BCUT2D eigenvalue weighted by molar-refractivity contribution is 0.556. The number of hydrogen-bond acceptors (Lipinski definition) is 2. The molecule has 1 unspecified atom stereocenters. The number of nitrogens with one attached hydrogen (secondary N) is 1. The summed E-state index contributed by atoms with van der Waals surface area (Å²) in [5.74, 6) is 0. The van der Waals surface area contributed by atoms with Crippen LogP contribution in [0.1, 0.15) is 11.1 Å². The van der Waals surface area contributed by atoms with Gasteiger partial charge in [-0.05, 0) is 53.9 Å². The second-order valence-electron chi connectivity index (χ2n) is 5.43. The second-order valence-corrected chi connectivity index (χ2v) is 5.43. The predicted molar refractivity (Wildman–Crippen MR) is 88.4 cm³/mol. The second kappa shape index (κ2) is 6.51. The van der Waals surface area contributed by atoms with Gasteiger partial charge in [0.15, 0.2) is 0 Å². The van der Waals surface area contributed by atoms with Crippen molar-refractivity contribution in [1.29, 1.82) is 0 Å². The van der Waals surface area contributed by atoms with E-state index in [1.54, 1.807) is 0 Å². The first-order valence-electron chi connectivity index (χ1n) is 7.39. The lowest BCUT2D eigenvalue weighted by Crippen LogP contribution is -2.29. The highest BCUT2D eigenvalue weighted by Crippen LogP contribution is 2.17. The topological polar surface area (TPSA) is 24.9 Å². The summed E-state index contributed by atoms with van der Waals surface area (Å²) < 4.78 is 0. The molecule has 0 fully saturated rings. The first kappa shape index (κ1) is 13.8. The Balaban J connectivity index is 1.76. The standard InChI is InChI=1S/C19H20N2/c1-20-19(13-15-8-10-21-11-9-15)14-16-6-7-17-4-2-3-5-18(17)12-16/h2-12,19-20H,13-14H2,1H3. The van der Waals surface area contributed by atoms with Gasteiger partial charge >= 0.3 is 0 Å². The molecule has 106 valence electrons. The van der Waals surface area contributed by atoms with Gasteiger partial charge in [0.05, 0.1) is 0 Å². The average Bonchev–Trinajstić information content (AvgIpc) is 2.55. The van der Waals surface area contributed by atoms with Crippen LogP contribution in [0, 0.1) is 0 Å². The van der Waals surface area contributed by atoms with Crippen molar-refractivity contribution in [3.8, 4) is 0 Å². The molecule has 0 spiro atoms. The quantitative estimate of drug-likeness (QED) is 0.770. The summed E-state index contributed by atoms with van der Waals surface area (Å²) in [6, 6.07) is 19.9. The molecule has 0 amide bonds. The van der Waals surface area contributed by atoms with E-state index in [4.69, 9.17) is 0 Å². The molecule has 21 heavy (non-hydrogen) atoms. The van der Waals surface area contributed by atoms with E-state index in [2.05, 4.69) is 64.9 Å². The van der Waals surface area contributed by atoms with Crippen molar-refractivity contribution in [3.63, 3.8) is 0 Å². The molecular formula is C19H20N2. The number of rotatable bonds is 5. The SMILES string of the molecule is CNC(Cc1ccncc1)Cc1ccc2ccccc2c1. The van der Waals surface area contributed by atoms with E-state index in [1.807, 2.05) is 19.4 Å². The van der Waals surface area contributed by atoms with Crippen LogP contribution in [0.15, 0.2) is 67.0 Å². The molecule has 1 aromatic heterocycles. The minimum atomic E-state index is 0.438. The normalized spacial score (nSPS) is 12.4. The largest absolute Gasteiger partial charge is 0.316 e. The van der Waals surface area contributed by atoms with Gasteiger partial charge in [0.1, 0.15) is 0 Å². The zero-order valence-electron chi connectivity index (χ0n) is 12.3. The maximum Gasteiger partial charge on any atom is 0.0270 e. The minimum absolute atomic E-state index is 0.438. The van der Waals surface area contributed by atoms with Crippen LogP contribution in [0.5, 0.6) is 0 Å². The number of likely N-dealkylation sites (N-methyl/N-ethyl adjacent to an activating group) is 1. The monoisotopic (exact) mass is 276 g/mol. The molecule has 0 radical (unpaired) electrons. The third-order valence-electron chi connectivity index (χ3n) is 3.94. The van der Waals surface area contributed by atoms with Gasteiger partial charge in [-0.1, -0.05) is 42.5 Å². The van der Waals surface area contributed by atoms with Crippen LogP contribution in [0.4, 0.5) is 0 Å². The van der Waals surface area contributed by atoms with Crippen molar-refractivity contribution in [1.82, 2.24) is 10.3 Å². The van der Waals surface area contributed by atoms with E-state index < -0.39 is 0 Å². The van der Waals surface area contributed by atoms with Gasteiger partial charge in [0.2, 0.25) is 0 Å². The summed E-state index contributed by atoms with van der Waals surface area (Å²) in [5, 5.41) is 6.04. The highest BCUT2D eigenvalue weighted by molar-refractivity contribution is 5.82. The van der Waals surface area contributed by atoms with Gasteiger partial charge in [-0.2, -0.15) is 0 Å². The molecule has 0 bridgehead atoms. The molecule has 0 aliphatic heterocycles. The molecule has 2 nitrogen and oxygen atoms in total. The van der Waals surface area contributed by atoms with Crippen molar-refractivity contribution in [2.75, 3.05) is 7.05 Å². The Hall–Kier alpha value is -2.19. The van der Waals surface area contributed by atoms with Crippen molar-refractivity contribution in [3.05, 3.63) is 78.1 Å². The maximum absolute atomic E-state index is 4.08. The fourth-order valence-corrected chi connectivity index (χ4v) is 2.73. The zero-order chi connectivity index (χ0) is 14.5. The van der Waals surface area contributed by atoms with E-state index in [0.29, 0.717) is 6.04 Å². The van der Waals surface area contributed by atoms with Crippen LogP contribution in [-0.4, -0.2) is 18.1 Å². The molecule has 0 saturated heterocycles. The van der Waals surface area contributed by atoms with E-state index >= 15 is 0 Å². The van der Waals surface area contributed by atoms with Gasteiger partial charge in [-0.3, -0.25) is 4.98 Å². The smallest absolute Gasteiger partial charge is 0.0270 e. The zero-order valence-corrected chi connectivity index (χ0v) is 12.3. The van der Waals surface area contributed by atoms with Crippen LogP contribution in [-0.2, 0) is 12.8 Å². The number of benzene rings is 2. The van der Waals surface area contributed by atoms with Crippen molar-refractivity contribution >= 4 is 10.8 Å². The molecule has 0 aliphatic carbocycles. The van der Waals surface area contributed by atoms with Crippen LogP contribution in [0.2, 0.25) is 0 Å². The fourth-order valence-electron chi connectivity index (χ4n) is 2.73. The number of pyridine rings is 1. The van der Waals surface area contributed by atoms with Gasteiger partial charge in [-0.25, -0.2) is 0 Å². The Kier molecular flexibility index (Phi) is 4.27. The molecule has 2 aromatic carbocycles. The van der Waals surface area contributed by atoms with E-state index in [9.17, 15) is 0 Å². The number of fused-ring (bicyclic) bond motifs is 1. The molecule has 0 saturated carbocycles. The van der Waals surface area contributed by atoms with Gasteiger partial charge < -0.3 is 5.32 Å². The highest BCUT2D eigenvalue weighted by atomic mass is 14.9. The molecule has 3 rings (SSSR count). The van der Waals surface area contributed by atoms with Crippen LogP contribution in [0.25, 0.3) is 10.8 Å². The Morgan fingerprint density at radius 3 is 2.33 bits per heavy atom. The Labute approximate surface area is 125 Å². The molecular weight excluding hydrogens is 256 g/mol. The first-order chi connectivity index (χ1) is 10.3. The maximum atomic E-state index is 4.08. The number of nitrogens with zero attached hydrogens (tertiary/aromatic N) is 1. The fraction of sp³-hybridized carbons (Fsp3) is 0.211. The van der Waals surface area contributed by atoms with Crippen molar-refractivity contribution < 1.29 is 0 Å². The lowest BCUT2D eigenvalue weighted by atomic mass is 9.98. The Bertz CT molecular complexity index is 707. The summed E-state index contributed by atoms with van der Waals surface area (Å²) in [6.07, 6.45) is 5.77.